The van der Waals surface area contributed by atoms with E-state index in [2.05, 4.69) is 0 Å². The van der Waals surface area contributed by atoms with E-state index in [9.17, 15) is 8.42 Å². The van der Waals surface area contributed by atoms with Gasteiger partial charge >= 0.3 is 0 Å². The third kappa shape index (κ3) is 1.52. The van der Waals surface area contributed by atoms with Gasteiger partial charge in [-0.05, 0) is 31.0 Å². The molecule has 0 radical (unpaired) electrons. The van der Waals surface area contributed by atoms with Gasteiger partial charge in [-0.2, -0.15) is 5.26 Å². The van der Waals surface area contributed by atoms with Crippen molar-refractivity contribution in [1.82, 2.24) is 0 Å². The molecule has 0 saturated heterocycles. The number of hydrogen-bond donors (Lipinski definition) is 0. The van der Waals surface area contributed by atoms with Crippen molar-refractivity contribution >= 4 is 21.4 Å². The van der Waals surface area contributed by atoms with Crippen LogP contribution in [0, 0.1) is 11.3 Å². The maximum absolute atomic E-state index is 12.0. The fraction of sp³-hybridized carbons (Fsp3) is 0.300. The van der Waals surface area contributed by atoms with Gasteiger partial charge in [0.05, 0.1) is 11.0 Å². The minimum atomic E-state index is -3.55. The van der Waals surface area contributed by atoms with Crippen molar-refractivity contribution in [3.8, 4) is 6.07 Å². The summed E-state index contributed by atoms with van der Waals surface area (Å²) in [7, 11) is -3.55. The first-order valence-electron chi connectivity index (χ1n) is 4.43. The van der Waals surface area contributed by atoms with Crippen molar-refractivity contribution in [3.63, 3.8) is 0 Å². The van der Waals surface area contributed by atoms with Crippen LogP contribution >= 0.6 is 11.6 Å². The van der Waals surface area contributed by atoms with Gasteiger partial charge in [0.15, 0.2) is 14.6 Å². The highest BCUT2D eigenvalue weighted by atomic mass is 35.5. The largest absolute Gasteiger partial charge is 0.222 e. The lowest BCUT2D eigenvalue weighted by Crippen LogP contribution is -2.21. The molecule has 1 fully saturated rings. The topological polar surface area (TPSA) is 57.9 Å². The Balaban J connectivity index is 2.53. The number of rotatable bonds is 2. The minimum Gasteiger partial charge on any atom is -0.222 e. The molecular weight excluding hydrogens is 234 g/mol. The molecule has 0 N–H and O–H groups in total. The van der Waals surface area contributed by atoms with Crippen molar-refractivity contribution in [1.29, 1.82) is 5.26 Å². The zero-order chi connectivity index (χ0) is 11.1. The Morgan fingerprint density at radius 1 is 1.40 bits per heavy atom. The second-order valence-electron chi connectivity index (χ2n) is 3.57. The maximum Gasteiger partial charge on any atom is 0.197 e. The van der Waals surface area contributed by atoms with Crippen LogP contribution in [0.1, 0.15) is 12.8 Å². The highest BCUT2D eigenvalue weighted by molar-refractivity contribution is 7.93. The van der Waals surface area contributed by atoms with Crippen LogP contribution < -0.4 is 0 Å². The average molecular weight is 242 g/mol. The summed E-state index contributed by atoms with van der Waals surface area (Å²) < 4.78 is 22.8. The molecule has 15 heavy (non-hydrogen) atoms. The van der Waals surface area contributed by atoms with Crippen LogP contribution in [0.15, 0.2) is 29.2 Å². The Morgan fingerprint density at radius 2 is 2.07 bits per heavy atom. The molecule has 1 aliphatic rings. The Kier molecular flexibility index (Phi) is 2.25. The predicted octanol–water partition coefficient (Wildman–Crippen LogP) is 2.17. The van der Waals surface area contributed by atoms with Gasteiger partial charge in [-0.25, -0.2) is 8.42 Å². The van der Waals surface area contributed by atoms with Crippen molar-refractivity contribution in [2.45, 2.75) is 22.5 Å². The van der Waals surface area contributed by atoms with Crippen LogP contribution in [0.4, 0.5) is 0 Å². The number of nitrogens with zero attached hydrogens (tertiary/aromatic N) is 1. The molecule has 5 heteroatoms. The second-order valence-corrected chi connectivity index (χ2v) is 6.26. The standard InChI is InChI=1S/C10H8ClNO2S/c11-8-2-1-3-9(6-8)15(13,14)10(7-12)4-5-10/h1-3,6H,4-5H2. The molecule has 78 valence electrons. The quantitative estimate of drug-likeness (QED) is 0.797. The Labute approximate surface area is 93.2 Å². The summed E-state index contributed by atoms with van der Waals surface area (Å²) in [4.78, 5) is 0.133. The molecule has 3 nitrogen and oxygen atoms in total. The number of sulfone groups is 1. The molecule has 0 spiro atoms. The van der Waals surface area contributed by atoms with Gasteiger partial charge in [0.2, 0.25) is 0 Å². The monoisotopic (exact) mass is 241 g/mol. The fourth-order valence-electron chi connectivity index (χ4n) is 1.41. The molecule has 0 unspecified atom stereocenters. The van der Waals surface area contributed by atoms with E-state index in [-0.39, 0.29) is 4.90 Å². The zero-order valence-corrected chi connectivity index (χ0v) is 9.35. The van der Waals surface area contributed by atoms with E-state index < -0.39 is 14.6 Å². The van der Waals surface area contributed by atoms with E-state index in [1.807, 2.05) is 6.07 Å². The maximum atomic E-state index is 12.0. The highest BCUT2D eigenvalue weighted by Gasteiger charge is 2.55. The van der Waals surface area contributed by atoms with Crippen molar-refractivity contribution in [2.75, 3.05) is 0 Å². The van der Waals surface area contributed by atoms with E-state index in [0.717, 1.165) is 0 Å². The summed E-state index contributed by atoms with van der Waals surface area (Å²) in [5.74, 6) is 0. The third-order valence-electron chi connectivity index (χ3n) is 2.53. The predicted molar refractivity (Wildman–Crippen MR) is 56.2 cm³/mol. The summed E-state index contributed by atoms with van der Waals surface area (Å²) in [6.07, 6.45) is 0.830. The summed E-state index contributed by atoms with van der Waals surface area (Å²) >= 11 is 5.72. The number of benzene rings is 1. The van der Waals surface area contributed by atoms with E-state index in [4.69, 9.17) is 16.9 Å². The normalized spacial score (nSPS) is 18.1. The smallest absolute Gasteiger partial charge is 0.197 e. The summed E-state index contributed by atoms with van der Waals surface area (Å²) in [5, 5.41) is 9.23. The average Bonchev–Trinajstić information content (AvgIpc) is 2.98. The molecule has 0 heterocycles. The van der Waals surface area contributed by atoms with Crippen LogP contribution in [0.3, 0.4) is 0 Å². The molecule has 2 rings (SSSR count). The second kappa shape index (κ2) is 3.22. The number of hydrogen-bond acceptors (Lipinski definition) is 3. The number of nitriles is 1. The molecular formula is C10H8ClNO2S. The molecule has 0 aliphatic heterocycles. The van der Waals surface area contributed by atoms with Gasteiger partial charge in [0.1, 0.15) is 0 Å². The molecule has 0 atom stereocenters. The molecule has 1 aromatic carbocycles. The van der Waals surface area contributed by atoms with Gasteiger partial charge in [-0.15, -0.1) is 0 Å². The lowest BCUT2D eigenvalue weighted by Gasteiger charge is -2.08. The summed E-state index contributed by atoms with van der Waals surface area (Å²) in [5.41, 5.74) is 0. The molecule has 1 saturated carbocycles. The number of halogens is 1. The lowest BCUT2D eigenvalue weighted by molar-refractivity contribution is 0.588. The first-order chi connectivity index (χ1) is 7.02. The van der Waals surface area contributed by atoms with Gasteiger partial charge in [-0.1, -0.05) is 17.7 Å². The van der Waals surface area contributed by atoms with Crippen molar-refractivity contribution in [2.24, 2.45) is 0 Å². The Hall–Kier alpha value is -1.05. The summed E-state index contributed by atoms with van der Waals surface area (Å²) in [6.45, 7) is 0. The van der Waals surface area contributed by atoms with Gasteiger partial charge in [-0.3, -0.25) is 0 Å². The van der Waals surface area contributed by atoms with Gasteiger partial charge in [0, 0.05) is 5.02 Å². The van der Waals surface area contributed by atoms with Crippen molar-refractivity contribution < 1.29 is 8.42 Å². The Bertz CT molecular complexity index is 541. The Morgan fingerprint density at radius 3 is 2.53 bits per heavy atom. The van der Waals surface area contributed by atoms with Crippen molar-refractivity contribution in [3.05, 3.63) is 29.3 Å². The molecule has 0 bridgehead atoms. The van der Waals surface area contributed by atoms with E-state index >= 15 is 0 Å². The van der Waals surface area contributed by atoms with Gasteiger partial charge < -0.3 is 0 Å². The first kappa shape index (κ1) is 10.5. The molecule has 1 aliphatic carbocycles. The van der Waals surface area contributed by atoms with Crippen LogP contribution in [0.2, 0.25) is 5.02 Å². The molecule has 0 aromatic heterocycles. The van der Waals surface area contributed by atoms with Gasteiger partial charge in [0.25, 0.3) is 0 Å². The first-order valence-corrected chi connectivity index (χ1v) is 6.29. The minimum absolute atomic E-state index is 0.133. The van der Waals surface area contributed by atoms with E-state index in [1.54, 1.807) is 12.1 Å². The van der Waals surface area contributed by atoms with Crippen LogP contribution in [0.5, 0.6) is 0 Å². The van der Waals surface area contributed by atoms with Crippen LogP contribution in [0.25, 0.3) is 0 Å². The summed E-state index contributed by atoms with van der Waals surface area (Å²) in [6, 6.07) is 7.91. The van der Waals surface area contributed by atoms with Crippen LogP contribution in [-0.2, 0) is 9.84 Å². The van der Waals surface area contributed by atoms with Crippen LogP contribution in [-0.4, -0.2) is 13.2 Å². The molecule has 1 aromatic rings. The SMILES string of the molecule is N#CC1(S(=O)(=O)c2cccc(Cl)c2)CC1. The fourth-order valence-corrected chi connectivity index (χ4v) is 3.42. The zero-order valence-electron chi connectivity index (χ0n) is 7.77. The third-order valence-corrected chi connectivity index (χ3v) is 5.17. The van der Waals surface area contributed by atoms with E-state index in [1.165, 1.54) is 12.1 Å². The lowest BCUT2D eigenvalue weighted by atomic mass is 10.4. The highest BCUT2D eigenvalue weighted by Crippen LogP contribution is 2.46. The van der Waals surface area contributed by atoms with E-state index in [0.29, 0.717) is 17.9 Å². The molecule has 0 amide bonds.